The highest BCUT2D eigenvalue weighted by Crippen LogP contribution is 2.37. The van der Waals surface area contributed by atoms with Crippen molar-refractivity contribution >= 4 is 35.6 Å². The van der Waals surface area contributed by atoms with Gasteiger partial charge in [-0.15, -0.1) is 24.4 Å². The van der Waals surface area contributed by atoms with E-state index < -0.39 is 0 Å². The Morgan fingerprint density at radius 2 is 2.15 bits per heavy atom. The van der Waals surface area contributed by atoms with Crippen LogP contribution >= 0.6 is 24.4 Å². The Labute approximate surface area is 86.6 Å². The second kappa shape index (κ2) is 3.60. The zero-order valence-corrected chi connectivity index (χ0v) is 8.57. The molecular weight excluding hydrogens is 200 g/mol. The van der Waals surface area contributed by atoms with Crippen LogP contribution in [0.2, 0.25) is 0 Å². The first-order chi connectivity index (χ1) is 6.33. The molecule has 0 radical (unpaired) electrons. The molecule has 1 aromatic rings. The van der Waals surface area contributed by atoms with Crippen molar-refractivity contribution in [2.45, 2.75) is 4.90 Å². The van der Waals surface area contributed by atoms with Gasteiger partial charge in [0.1, 0.15) is 6.29 Å². The second-order valence-corrected chi connectivity index (χ2v) is 4.24. The molecule has 0 aromatic heterocycles. The molecule has 1 heterocycles. The summed E-state index contributed by atoms with van der Waals surface area (Å²) in [5.74, 6) is 0.735. The van der Waals surface area contributed by atoms with Crippen molar-refractivity contribution in [1.82, 2.24) is 0 Å². The van der Waals surface area contributed by atoms with Crippen LogP contribution in [-0.4, -0.2) is 12.0 Å². The predicted molar refractivity (Wildman–Crippen MR) is 59.1 cm³/mol. The molecule has 1 aliphatic rings. The normalized spacial score (nSPS) is 15.5. The van der Waals surface area contributed by atoms with Crippen LogP contribution in [-0.2, 0) is 4.79 Å². The third kappa shape index (κ3) is 1.54. The van der Waals surface area contributed by atoms with Crippen molar-refractivity contribution < 1.29 is 4.79 Å². The second-order valence-electron chi connectivity index (χ2n) is 2.78. The number of fused-ring (bicyclic) bond motifs is 1. The van der Waals surface area contributed by atoms with Gasteiger partial charge in [-0.25, -0.2) is 0 Å². The minimum atomic E-state index is 0.735. The Kier molecular flexibility index (Phi) is 2.47. The molecule has 13 heavy (non-hydrogen) atoms. The number of carbonyl (C=O) groups excluding carboxylic acids is 1. The molecular formula is C10H8OS2. The summed E-state index contributed by atoms with van der Waals surface area (Å²) in [5, 5.41) is 0. The number of aldehydes is 1. The third-order valence-corrected chi connectivity index (χ3v) is 3.62. The number of hydrogen-bond donors (Lipinski definition) is 1. The van der Waals surface area contributed by atoms with Crippen LogP contribution in [0.15, 0.2) is 34.7 Å². The van der Waals surface area contributed by atoms with Gasteiger partial charge in [-0.1, -0.05) is 18.2 Å². The van der Waals surface area contributed by atoms with Gasteiger partial charge in [0.05, 0.1) is 0 Å². The summed E-state index contributed by atoms with van der Waals surface area (Å²) in [7, 11) is 0. The maximum atomic E-state index is 10.7. The topological polar surface area (TPSA) is 17.1 Å². The van der Waals surface area contributed by atoms with Gasteiger partial charge in [-0.3, -0.25) is 4.79 Å². The predicted octanol–water partition coefficient (Wildman–Crippen LogP) is 2.63. The number of thiol groups is 1. The number of hydrogen-bond acceptors (Lipinski definition) is 3. The molecule has 0 unspecified atom stereocenters. The lowest BCUT2D eigenvalue weighted by atomic mass is 10.1. The van der Waals surface area contributed by atoms with E-state index in [1.807, 2.05) is 18.2 Å². The van der Waals surface area contributed by atoms with Crippen molar-refractivity contribution in [3.8, 4) is 0 Å². The molecule has 1 aliphatic heterocycles. The van der Waals surface area contributed by atoms with Crippen molar-refractivity contribution in [1.29, 1.82) is 0 Å². The molecule has 0 amide bonds. The van der Waals surface area contributed by atoms with Crippen LogP contribution in [0.5, 0.6) is 0 Å². The summed E-state index contributed by atoms with van der Waals surface area (Å²) in [6.45, 7) is 0. The smallest absolute Gasteiger partial charge is 0.148 e. The van der Waals surface area contributed by atoms with E-state index in [-0.39, 0.29) is 0 Å². The largest absolute Gasteiger partial charge is 0.298 e. The van der Waals surface area contributed by atoms with E-state index in [9.17, 15) is 4.79 Å². The molecule has 1 aromatic carbocycles. The molecule has 0 saturated heterocycles. The summed E-state index contributed by atoms with van der Waals surface area (Å²) in [4.78, 5) is 12.7. The van der Waals surface area contributed by atoms with Gasteiger partial charge in [-0.05, 0) is 6.07 Å². The van der Waals surface area contributed by atoms with Gasteiger partial charge in [-0.2, -0.15) is 0 Å². The standard InChI is InChI=1S/C10H8OS2/c11-5-7-6-13-9-4-2-1-3-8(9)10(7)12/h1-5,12H,6H2. The van der Waals surface area contributed by atoms with Crippen molar-refractivity contribution in [2.75, 3.05) is 5.75 Å². The molecule has 66 valence electrons. The van der Waals surface area contributed by atoms with Gasteiger partial charge in [0.25, 0.3) is 0 Å². The Morgan fingerprint density at radius 3 is 2.92 bits per heavy atom. The van der Waals surface area contributed by atoms with Crippen molar-refractivity contribution in [3.63, 3.8) is 0 Å². The minimum absolute atomic E-state index is 0.735. The van der Waals surface area contributed by atoms with E-state index in [2.05, 4.69) is 18.7 Å². The molecule has 0 fully saturated rings. The molecule has 0 atom stereocenters. The summed E-state index contributed by atoms with van der Waals surface area (Å²) >= 11 is 6.04. The average molecular weight is 208 g/mol. The SMILES string of the molecule is O=CC1=C(S)c2ccccc2SC1. The minimum Gasteiger partial charge on any atom is -0.298 e. The highest BCUT2D eigenvalue weighted by molar-refractivity contribution is 8.00. The molecule has 0 saturated carbocycles. The summed E-state index contributed by atoms with van der Waals surface area (Å²) in [6.07, 6.45) is 0.894. The van der Waals surface area contributed by atoms with Gasteiger partial charge < -0.3 is 0 Å². The van der Waals surface area contributed by atoms with E-state index >= 15 is 0 Å². The molecule has 3 heteroatoms. The van der Waals surface area contributed by atoms with Crippen LogP contribution in [0, 0.1) is 0 Å². The number of thioether (sulfide) groups is 1. The van der Waals surface area contributed by atoms with Crippen LogP contribution in [0.25, 0.3) is 4.91 Å². The quantitative estimate of drug-likeness (QED) is 0.564. The first kappa shape index (κ1) is 8.91. The molecule has 0 N–H and O–H groups in total. The third-order valence-electron chi connectivity index (χ3n) is 1.97. The van der Waals surface area contributed by atoms with Gasteiger partial charge in [0.15, 0.2) is 0 Å². The van der Waals surface area contributed by atoms with Crippen LogP contribution in [0.4, 0.5) is 0 Å². The monoisotopic (exact) mass is 208 g/mol. The highest BCUT2D eigenvalue weighted by Gasteiger charge is 2.15. The Hall–Kier alpha value is -0.670. The molecule has 1 nitrogen and oxygen atoms in total. The van der Waals surface area contributed by atoms with Crippen molar-refractivity contribution in [2.24, 2.45) is 0 Å². The summed E-state index contributed by atoms with van der Waals surface area (Å²) < 4.78 is 0. The molecule has 0 aliphatic carbocycles. The first-order valence-corrected chi connectivity index (χ1v) is 5.35. The maximum Gasteiger partial charge on any atom is 0.148 e. The Bertz CT molecular complexity index is 382. The number of benzene rings is 1. The number of rotatable bonds is 1. The van der Waals surface area contributed by atoms with Crippen LogP contribution < -0.4 is 0 Å². The van der Waals surface area contributed by atoms with Crippen LogP contribution in [0.3, 0.4) is 0 Å². The Balaban J connectivity index is 2.58. The van der Waals surface area contributed by atoms with Crippen molar-refractivity contribution in [3.05, 3.63) is 35.4 Å². The van der Waals surface area contributed by atoms with Gasteiger partial charge in [0, 0.05) is 26.7 Å². The van der Waals surface area contributed by atoms with E-state index in [1.54, 1.807) is 11.8 Å². The lowest BCUT2D eigenvalue weighted by molar-refractivity contribution is -0.104. The lowest BCUT2D eigenvalue weighted by Gasteiger charge is -2.16. The number of carbonyl (C=O) groups is 1. The summed E-state index contributed by atoms with van der Waals surface area (Å²) in [6, 6.07) is 8.01. The van der Waals surface area contributed by atoms with Crippen LogP contribution in [0.1, 0.15) is 5.56 Å². The van der Waals surface area contributed by atoms with E-state index in [0.717, 1.165) is 28.1 Å². The highest BCUT2D eigenvalue weighted by atomic mass is 32.2. The fourth-order valence-electron chi connectivity index (χ4n) is 1.27. The van der Waals surface area contributed by atoms with E-state index in [4.69, 9.17) is 0 Å². The Morgan fingerprint density at radius 1 is 1.38 bits per heavy atom. The zero-order chi connectivity index (χ0) is 9.26. The van der Waals surface area contributed by atoms with E-state index in [0.29, 0.717) is 0 Å². The van der Waals surface area contributed by atoms with E-state index in [1.165, 1.54) is 4.90 Å². The fourth-order valence-corrected chi connectivity index (χ4v) is 2.81. The average Bonchev–Trinajstić information content (AvgIpc) is 2.19. The molecule has 0 bridgehead atoms. The zero-order valence-electron chi connectivity index (χ0n) is 6.86. The van der Waals surface area contributed by atoms with Gasteiger partial charge >= 0.3 is 0 Å². The lowest BCUT2D eigenvalue weighted by Crippen LogP contribution is -1.99. The summed E-state index contributed by atoms with van der Waals surface area (Å²) in [5.41, 5.74) is 1.86. The maximum absolute atomic E-state index is 10.7. The molecule has 2 rings (SSSR count). The van der Waals surface area contributed by atoms with Gasteiger partial charge in [0.2, 0.25) is 0 Å². The molecule has 0 spiro atoms. The fraction of sp³-hybridized carbons (Fsp3) is 0.100. The first-order valence-electron chi connectivity index (χ1n) is 3.92.